The van der Waals surface area contributed by atoms with Crippen molar-refractivity contribution in [3.63, 3.8) is 0 Å². The summed E-state index contributed by atoms with van der Waals surface area (Å²) in [6.07, 6.45) is 34.7. The largest absolute Gasteiger partial charge is 1.00 e. The van der Waals surface area contributed by atoms with Gasteiger partial charge in [0.15, 0.2) is 0 Å². The monoisotopic (exact) mass is 454 g/mol. The van der Waals surface area contributed by atoms with E-state index in [0.717, 1.165) is 11.8 Å². The molecular weight excluding hydrogens is 426 g/mol. The Balaban J connectivity index is 0.00000113. The summed E-state index contributed by atoms with van der Waals surface area (Å²) in [6, 6.07) is 0. The van der Waals surface area contributed by atoms with Crippen molar-refractivity contribution in [2.24, 2.45) is 11.8 Å². The van der Waals surface area contributed by atoms with Crippen molar-refractivity contribution in [3.8, 4) is 0 Å². The third kappa shape index (κ3) is 4.47. The number of hydrogen-bond acceptors (Lipinski definition) is 0. The van der Waals surface area contributed by atoms with E-state index < -0.39 is 23.2 Å². The Kier molecular flexibility index (Phi) is 8.31. The molecule has 0 radical (unpaired) electrons. The topological polar surface area (TPSA) is 0 Å². The zero-order valence-corrected chi connectivity index (χ0v) is 19.1. The molecular formula is C22H30Cl2Zr. The fraction of sp³-hybridized carbons (Fsp3) is 0.636. The summed E-state index contributed by atoms with van der Waals surface area (Å²) in [5.74, 6) is 1.89. The normalized spacial score (nSPS) is 26.9. The summed E-state index contributed by atoms with van der Waals surface area (Å²) in [5.41, 5.74) is 0. The van der Waals surface area contributed by atoms with E-state index in [-0.39, 0.29) is 24.8 Å². The molecule has 0 saturated heterocycles. The molecule has 0 spiro atoms. The summed E-state index contributed by atoms with van der Waals surface area (Å²) in [5, 5.41) is 0. The van der Waals surface area contributed by atoms with Crippen LogP contribution in [-0.4, -0.2) is 0 Å². The van der Waals surface area contributed by atoms with Crippen LogP contribution in [0.3, 0.4) is 0 Å². The average molecular weight is 457 g/mol. The minimum Gasteiger partial charge on any atom is -1.00 e. The van der Waals surface area contributed by atoms with Crippen molar-refractivity contribution in [1.29, 1.82) is 0 Å². The van der Waals surface area contributed by atoms with Gasteiger partial charge in [0.2, 0.25) is 0 Å². The van der Waals surface area contributed by atoms with Crippen molar-refractivity contribution < 1.29 is 48.0 Å². The predicted molar refractivity (Wildman–Crippen MR) is 95.1 cm³/mol. The van der Waals surface area contributed by atoms with Crippen LogP contribution in [0.2, 0.25) is 6.25 Å². The van der Waals surface area contributed by atoms with Gasteiger partial charge >= 0.3 is 154 Å². The zero-order valence-electron chi connectivity index (χ0n) is 15.1. The molecule has 25 heavy (non-hydrogen) atoms. The van der Waals surface area contributed by atoms with Gasteiger partial charge in [-0.1, -0.05) is 0 Å². The van der Waals surface area contributed by atoms with Gasteiger partial charge in [0.05, 0.1) is 0 Å². The van der Waals surface area contributed by atoms with Crippen LogP contribution in [-0.2, 0) is 23.2 Å². The van der Waals surface area contributed by atoms with Crippen molar-refractivity contribution in [3.05, 3.63) is 48.6 Å². The number of allylic oxidation sites excluding steroid dienone is 8. The molecule has 2 saturated carbocycles. The first-order valence-electron chi connectivity index (χ1n) is 9.87. The molecule has 0 aliphatic heterocycles. The Morgan fingerprint density at radius 2 is 0.840 bits per heavy atom. The average Bonchev–Trinajstić information content (AvgIpc) is 3.28. The van der Waals surface area contributed by atoms with Crippen LogP contribution in [0.25, 0.3) is 0 Å². The molecule has 4 aliphatic rings. The maximum absolute atomic E-state index is 2.64. The number of rotatable bonds is 4. The molecule has 3 heteroatoms. The summed E-state index contributed by atoms with van der Waals surface area (Å²) < 4.78 is 1.00. The summed E-state index contributed by atoms with van der Waals surface area (Å²) in [7, 11) is 0. The molecule has 0 aromatic rings. The van der Waals surface area contributed by atoms with Crippen molar-refractivity contribution in [2.45, 2.75) is 70.5 Å². The Morgan fingerprint density at radius 3 is 1.16 bits per heavy atom. The number of halogens is 2. The van der Waals surface area contributed by atoms with E-state index in [9.17, 15) is 0 Å². The molecule has 4 aliphatic carbocycles. The quantitative estimate of drug-likeness (QED) is 0.588. The molecule has 0 aromatic heterocycles. The van der Waals surface area contributed by atoms with E-state index in [1.54, 1.807) is 0 Å². The van der Waals surface area contributed by atoms with E-state index in [1.165, 1.54) is 64.2 Å². The van der Waals surface area contributed by atoms with Crippen LogP contribution in [0.1, 0.15) is 64.2 Å². The molecule has 0 bridgehead atoms. The predicted octanol–water partition coefficient (Wildman–Crippen LogP) is 0.807. The number of hydrogen-bond donors (Lipinski definition) is 0. The molecule has 136 valence electrons. The molecule has 0 atom stereocenters. The second-order valence-electron chi connectivity index (χ2n) is 8.10. The standard InChI is InChI=1S/2C11H15.2ClH.Zr/c2*1-2-6-10(7-3-1)11-8-4-5-9-11;;;/h2*4-5,8-10H,1-3,6-7H2;2*1H;/q;;;;+2/p-2. The Labute approximate surface area is 178 Å². The van der Waals surface area contributed by atoms with Gasteiger partial charge in [-0.25, -0.2) is 0 Å². The maximum Gasteiger partial charge on any atom is -1.00 e. The van der Waals surface area contributed by atoms with E-state index in [0.29, 0.717) is 6.25 Å². The van der Waals surface area contributed by atoms with Gasteiger partial charge in [-0.05, 0) is 0 Å². The minimum absolute atomic E-state index is 0. The third-order valence-corrected chi connectivity index (χ3v) is 12.5. The molecule has 0 amide bonds. The molecule has 0 aromatic carbocycles. The third-order valence-electron chi connectivity index (χ3n) is 6.70. The van der Waals surface area contributed by atoms with E-state index >= 15 is 0 Å². The van der Waals surface area contributed by atoms with Crippen molar-refractivity contribution >= 4 is 0 Å². The van der Waals surface area contributed by atoms with Crippen molar-refractivity contribution in [2.75, 3.05) is 0 Å². The van der Waals surface area contributed by atoms with Crippen LogP contribution in [0.5, 0.6) is 0 Å². The van der Waals surface area contributed by atoms with Crippen LogP contribution < -0.4 is 24.8 Å². The molecule has 4 rings (SSSR count). The van der Waals surface area contributed by atoms with Crippen LogP contribution in [0.4, 0.5) is 0 Å². The maximum atomic E-state index is 2.64. The summed E-state index contributed by atoms with van der Waals surface area (Å²) in [6.45, 7) is 0. The summed E-state index contributed by atoms with van der Waals surface area (Å²) >= 11 is -0.645. The van der Waals surface area contributed by atoms with Gasteiger partial charge in [0.25, 0.3) is 0 Å². The Morgan fingerprint density at radius 1 is 0.520 bits per heavy atom. The van der Waals surface area contributed by atoms with E-state index in [4.69, 9.17) is 0 Å². The Bertz CT molecular complexity index is 462. The second kappa shape index (κ2) is 9.57. The Hall–Kier alpha value is 0.423. The molecule has 0 nitrogen and oxygen atoms in total. The first kappa shape index (κ1) is 21.7. The zero-order chi connectivity index (χ0) is 15.6. The van der Waals surface area contributed by atoms with Gasteiger partial charge < -0.3 is 24.8 Å². The molecule has 0 N–H and O–H groups in total. The van der Waals surface area contributed by atoms with Crippen LogP contribution >= 0.6 is 0 Å². The van der Waals surface area contributed by atoms with Gasteiger partial charge in [0.1, 0.15) is 0 Å². The fourth-order valence-electron chi connectivity index (χ4n) is 5.42. The second-order valence-corrected chi connectivity index (χ2v) is 13.0. The van der Waals surface area contributed by atoms with Gasteiger partial charge in [-0.3, -0.25) is 0 Å². The smallest absolute Gasteiger partial charge is 1.00 e. The minimum atomic E-state index is -0.645. The van der Waals surface area contributed by atoms with Crippen LogP contribution in [0.15, 0.2) is 48.6 Å². The first-order chi connectivity index (χ1) is 11.3. The first-order valence-corrected chi connectivity index (χ1v) is 12.3. The summed E-state index contributed by atoms with van der Waals surface area (Å²) in [4.78, 5) is 0. The SMILES string of the molecule is C1=C[C]([Zr+2][C]2(C3CCCCC3)C=CC=C2)(C2CCCCC2)C=C1.[Cl-].[Cl-]. The molecule has 0 unspecified atom stereocenters. The molecule has 2 fully saturated rings. The van der Waals surface area contributed by atoms with Gasteiger partial charge in [-0.2, -0.15) is 0 Å². The van der Waals surface area contributed by atoms with Crippen molar-refractivity contribution in [1.82, 2.24) is 0 Å². The van der Waals surface area contributed by atoms with E-state index in [1.807, 2.05) is 0 Å². The van der Waals surface area contributed by atoms with Gasteiger partial charge in [0, 0.05) is 0 Å². The fourth-order valence-corrected chi connectivity index (χ4v) is 11.5. The van der Waals surface area contributed by atoms with Crippen LogP contribution in [0, 0.1) is 11.8 Å². The molecule has 0 heterocycles. The van der Waals surface area contributed by atoms with E-state index in [2.05, 4.69) is 48.6 Å². The van der Waals surface area contributed by atoms with Gasteiger partial charge in [-0.15, -0.1) is 0 Å².